The van der Waals surface area contributed by atoms with Gasteiger partial charge in [0.2, 0.25) is 0 Å². The largest absolute Gasteiger partial charge is 0.378 e. The van der Waals surface area contributed by atoms with E-state index in [2.05, 4.69) is 0 Å². The molecule has 0 aromatic rings. The van der Waals surface area contributed by atoms with Crippen LogP contribution in [0.25, 0.3) is 0 Å². The van der Waals surface area contributed by atoms with Crippen LogP contribution in [0.4, 0.5) is 0 Å². The normalized spacial score (nSPS) is 26.5. The van der Waals surface area contributed by atoms with Gasteiger partial charge in [-0.05, 0) is 13.8 Å². The predicted molar refractivity (Wildman–Crippen MR) is 58.9 cm³/mol. The fraction of sp³-hybridized carbons (Fsp3) is 0.917. The molecule has 1 heterocycles. The van der Waals surface area contributed by atoms with Crippen LogP contribution in [0.1, 0.15) is 40.5 Å². The van der Waals surface area contributed by atoms with Crippen molar-refractivity contribution in [3.05, 3.63) is 0 Å². The van der Waals surface area contributed by atoms with Crippen LogP contribution in [0.3, 0.4) is 0 Å². The number of hydrogen-bond acceptors (Lipinski definition) is 3. The maximum atomic E-state index is 11.7. The fourth-order valence-electron chi connectivity index (χ4n) is 1.88. The summed E-state index contributed by atoms with van der Waals surface area (Å²) in [7, 11) is 0. The molecule has 3 heteroatoms. The smallest absolute Gasteiger partial charge is 0.138 e. The molecule has 1 unspecified atom stereocenters. The Balaban J connectivity index is 2.61. The summed E-state index contributed by atoms with van der Waals surface area (Å²) in [6, 6.07) is 0. The lowest BCUT2D eigenvalue weighted by Crippen LogP contribution is -2.39. The molecule has 0 saturated carbocycles. The Hall–Kier alpha value is -0.410. The van der Waals surface area contributed by atoms with Crippen molar-refractivity contribution in [2.45, 2.75) is 52.2 Å². The van der Waals surface area contributed by atoms with Gasteiger partial charge < -0.3 is 9.47 Å². The molecule has 1 fully saturated rings. The Morgan fingerprint density at radius 2 is 2.07 bits per heavy atom. The van der Waals surface area contributed by atoms with Gasteiger partial charge in [0.15, 0.2) is 0 Å². The quantitative estimate of drug-likeness (QED) is 0.703. The number of Topliss-reactive ketones (excluding diaryl/α,β-unsaturated/α-hetero) is 1. The summed E-state index contributed by atoms with van der Waals surface area (Å²) >= 11 is 0. The first kappa shape index (κ1) is 12.7. The molecule has 0 N–H and O–H groups in total. The second-order valence-corrected chi connectivity index (χ2v) is 4.95. The third kappa shape index (κ3) is 3.58. The van der Waals surface area contributed by atoms with Crippen molar-refractivity contribution in [1.82, 2.24) is 0 Å². The summed E-state index contributed by atoms with van der Waals surface area (Å²) in [6.07, 6.45) is 1.47. The third-order valence-corrected chi connectivity index (χ3v) is 2.69. The van der Waals surface area contributed by atoms with Crippen molar-refractivity contribution in [1.29, 1.82) is 0 Å². The van der Waals surface area contributed by atoms with Gasteiger partial charge in [-0.1, -0.05) is 13.8 Å². The van der Waals surface area contributed by atoms with Crippen LogP contribution in [0.5, 0.6) is 0 Å². The molecule has 1 rings (SSSR count). The zero-order valence-corrected chi connectivity index (χ0v) is 10.2. The maximum Gasteiger partial charge on any atom is 0.138 e. The van der Waals surface area contributed by atoms with Crippen LogP contribution in [-0.2, 0) is 14.3 Å². The Bertz CT molecular complexity index is 215. The van der Waals surface area contributed by atoms with Crippen LogP contribution in [0, 0.1) is 5.92 Å². The van der Waals surface area contributed by atoms with Gasteiger partial charge >= 0.3 is 0 Å². The van der Waals surface area contributed by atoms with E-state index in [1.165, 1.54) is 0 Å². The van der Waals surface area contributed by atoms with E-state index in [1.807, 2.05) is 27.7 Å². The standard InChI is InChI=1S/C12H22O3/c1-9(2)11(13)7-12(15-10(3)4)5-6-14-8-12/h9-10H,5-8H2,1-4H3. The molecule has 0 bridgehead atoms. The molecule has 3 nitrogen and oxygen atoms in total. The molecule has 0 aromatic carbocycles. The third-order valence-electron chi connectivity index (χ3n) is 2.69. The number of hydrogen-bond donors (Lipinski definition) is 0. The topological polar surface area (TPSA) is 35.5 Å². The van der Waals surface area contributed by atoms with Crippen molar-refractivity contribution >= 4 is 5.78 Å². The van der Waals surface area contributed by atoms with E-state index in [9.17, 15) is 4.79 Å². The highest BCUT2D eigenvalue weighted by atomic mass is 16.6. The van der Waals surface area contributed by atoms with Gasteiger partial charge in [-0.2, -0.15) is 0 Å². The zero-order chi connectivity index (χ0) is 11.5. The van der Waals surface area contributed by atoms with Gasteiger partial charge in [0.1, 0.15) is 11.4 Å². The Morgan fingerprint density at radius 3 is 2.47 bits per heavy atom. The Labute approximate surface area is 92.1 Å². The SMILES string of the molecule is CC(C)OC1(CC(=O)C(C)C)CCOC1. The molecule has 1 aliphatic heterocycles. The Kier molecular flexibility index (Phi) is 4.29. The molecule has 0 spiro atoms. The van der Waals surface area contributed by atoms with Gasteiger partial charge in [0, 0.05) is 25.4 Å². The zero-order valence-electron chi connectivity index (χ0n) is 10.2. The molecule has 0 aliphatic carbocycles. The number of rotatable bonds is 5. The molecular formula is C12H22O3. The first-order valence-electron chi connectivity index (χ1n) is 5.73. The van der Waals surface area contributed by atoms with Crippen molar-refractivity contribution in [3.8, 4) is 0 Å². The van der Waals surface area contributed by atoms with Gasteiger partial charge in [0.25, 0.3) is 0 Å². The summed E-state index contributed by atoms with van der Waals surface area (Å²) in [5.74, 6) is 0.347. The first-order valence-corrected chi connectivity index (χ1v) is 5.73. The molecule has 15 heavy (non-hydrogen) atoms. The van der Waals surface area contributed by atoms with Crippen LogP contribution in [0.2, 0.25) is 0 Å². The number of carbonyl (C=O) groups excluding carboxylic acids is 1. The summed E-state index contributed by atoms with van der Waals surface area (Å²) in [5.41, 5.74) is -0.352. The lowest BCUT2D eigenvalue weighted by molar-refractivity contribution is -0.134. The highest BCUT2D eigenvalue weighted by Gasteiger charge is 2.39. The molecular weight excluding hydrogens is 192 g/mol. The molecule has 1 aliphatic rings. The van der Waals surface area contributed by atoms with Crippen LogP contribution >= 0.6 is 0 Å². The van der Waals surface area contributed by atoms with Gasteiger partial charge in [0.05, 0.1) is 12.7 Å². The second-order valence-electron chi connectivity index (χ2n) is 4.95. The summed E-state index contributed by atoms with van der Waals surface area (Å²) in [6.45, 7) is 9.13. The van der Waals surface area contributed by atoms with Gasteiger partial charge in [-0.3, -0.25) is 4.79 Å². The van der Waals surface area contributed by atoms with E-state index in [1.54, 1.807) is 0 Å². The minimum absolute atomic E-state index is 0.0817. The average Bonchev–Trinajstić information content (AvgIpc) is 2.51. The predicted octanol–water partition coefficient (Wildman–Crippen LogP) is 2.19. The number of carbonyl (C=O) groups is 1. The monoisotopic (exact) mass is 214 g/mol. The minimum Gasteiger partial charge on any atom is -0.378 e. The van der Waals surface area contributed by atoms with E-state index in [-0.39, 0.29) is 23.4 Å². The van der Waals surface area contributed by atoms with Crippen LogP contribution in [0.15, 0.2) is 0 Å². The molecule has 1 atom stereocenters. The minimum atomic E-state index is -0.352. The lowest BCUT2D eigenvalue weighted by Gasteiger charge is -2.30. The molecule has 88 valence electrons. The first-order chi connectivity index (χ1) is 6.95. The van der Waals surface area contributed by atoms with Crippen molar-refractivity contribution < 1.29 is 14.3 Å². The molecule has 0 amide bonds. The number of ether oxygens (including phenoxy) is 2. The van der Waals surface area contributed by atoms with Crippen LogP contribution in [-0.4, -0.2) is 30.7 Å². The van der Waals surface area contributed by atoms with Crippen molar-refractivity contribution in [3.63, 3.8) is 0 Å². The molecule has 0 aromatic heterocycles. The molecule has 1 saturated heterocycles. The average molecular weight is 214 g/mol. The van der Waals surface area contributed by atoms with Gasteiger partial charge in [-0.25, -0.2) is 0 Å². The summed E-state index contributed by atoms with van der Waals surface area (Å²) in [5, 5.41) is 0. The van der Waals surface area contributed by atoms with E-state index in [0.717, 1.165) is 6.42 Å². The summed E-state index contributed by atoms with van der Waals surface area (Å²) in [4.78, 5) is 11.7. The van der Waals surface area contributed by atoms with E-state index >= 15 is 0 Å². The number of ketones is 1. The van der Waals surface area contributed by atoms with Gasteiger partial charge in [-0.15, -0.1) is 0 Å². The van der Waals surface area contributed by atoms with E-state index < -0.39 is 0 Å². The highest BCUT2D eigenvalue weighted by Crippen LogP contribution is 2.29. The fourth-order valence-corrected chi connectivity index (χ4v) is 1.88. The highest BCUT2D eigenvalue weighted by molar-refractivity contribution is 5.81. The summed E-state index contributed by atoms with van der Waals surface area (Å²) < 4.78 is 11.2. The Morgan fingerprint density at radius 1 is 1.40 bits per heavy atom. The second kappa shape index (κ2) is 5.08. The van der Waals surface area contributed by atoms with Crippen LogP contribution < -0.4 is 0 Å². The lowest BCUT2D eigenvalue weighted by atomic mass is 9.91. The van der Waals surface area contributed by atoms with Crippen molar-refractivity contribution in [2.75, 3.05) is 13.2 Å². The van der Waals surface area contributed by atoms with Crippen molar-refractivity contribution in [2.24, 2.45) is 5.92 Å². The van der Waals surface area contributed by atoms with E-state index in [0.29, 0.717) is 19.6 Å². The molecule has 0 radical (unpaired) electrons. The van der Waals surface area contributed by atoms with E-state index in [4.69, 9.17) is 9.47 Å². The maximum absolute atomic E-state index is 11.7.